The second-order valence-electron chi connectivity index (χ2n) is 5.50. The number of ether oxygens (including phenoxy) is 2. The first-order valence-electron chi connectivity index (χ1n) is 6.32. The zero-order valence-corrected chi connectivity index (χ0v) is 11.1. The fourth-order valence-electron chi connectivity index (χ4n) is 1.68. The molecule has 0 aliphatic heterocycles. The first-order valence-corrected chi connectivity index (χ1v) is 6.32. The lowest BCUT2D eigenvalue weighted by Gasteiger charge is -2.23. The van der Waals surface area contributed by atoms with Crippen LogP contribution in [0.25, 0.3) is 0 Å². The van der Waals surface area contributed by atoms with Crippen molar-refractivity contribution in [2.75, 3.05) is 0 Å². The Bertz CT molecular complexity index is 392. The highest BCUT2D eigenvalue weighted by atomic mass is 16.5. The average molecular weight is 235 g/mol. The van der Waals surface area contributed by atoms with Crippen molar-refractivity contribution in [1.29, 1.82) is 0 Å². The molecule has 94 valence electrons. The van der Waals surface area contributed by atoms with Crippen molar-refractivity contribution in [1.82, 2.24) is 4.98 Å². The van der Waals surface area contributed by atoms with Crippen LogP contribution in [-0.4, -0.2) is 16.7 Å². The normalized spacial score (nSPS) is 15.8. The lowest BCUT2D eigenvalue weighted by molar-refractivity contribution is 0.128. The van der Waals surface area contributed by atoms with E-state index in [1.54, 1.807) is 12.4 Å². The van der Waals surface area contributed by atoms with Crippen LogP contribution in [0.5, 0.6) is 11.5 Å². The van der Waals surface area contributed by atoms with E-state index >= 15 is 0 Å². The van der Waals surface area contributed by atoms with Gasteiger partial charge >= 0.3 is 0 Å². The van der Waals surface area contributed by atoms with Gasteiger partial charge in [0.2, 0.25) is 0 Å². The summed E-state index contributed by atoms with van der Waals surface area (Å²) >= 11 is 0. The van der Waals surface area contributed by atoms with Crippen LogP contribution in [-0.2, 0) is 6.42 Å². The van der Waals surface area contributed by atoms with E-state index in [-0.39, 0.29) is 5.60 Å². The van der Waals surface area contributed by atoms with Gasteiger partial charge in [-0.3, -0.25) is 4.98 Å². The predicted octanol–water partition coefficient (Wildman–Crippen LogP) is 3.36. The van der Waals surface area contributed by atoms with E-state index in [9.17, 15) is 0 Å². The minimum absolute atomic E-state index is 0.205. The summed E-state index contributed by atoms with van der Waals surface area (Å²) in [5.41, 5.74) is 0.922. The fourth-order valence-corrected chi connectivity index (χ4v) is 1.68. The lowest BCUT2D eigenvalue weighted by atomic mass is 10.1. The molecule has 1 aromatic rings. The largest absolute Gasteiger partial charge is 0.488 e. The van der Waals surface area contributed by atoms with Gasteiger partial charge in [-0.15, -0.1) is 0 Å². The van der Waals surface area contributed by atoms with Gasteiger partial charge in [0.05, 0.1) is 18.5 Å². The summed E-state index contributed by atoms with van der Waals surface area (Å²) in [5, 5.41) is 0. The zero-order valence-electron chi connectivity index (χ0n) is 11.1. The Hall–Kier alpha value is -1.25. The third kappa shape index (κ3) is 3.35. The maximum absolute atomic E-state index is 5.92. The Morgan fingerprint density at radius 3 is 2.41 bits per heavy atom. The van der Waals surface area contributed by atoms with Gasteiger partial charge in [-0.2, -0.15) is 0 Å². The molecule has 0 radical (unpaired) electrons. The number of hydrogen-bond acceptors (Lipinski definition) is 3. The molecule has 1 saturated carbocycles. The van der Waals surface area contributed by atoms with Crippen LogP contribution in [0.2, 0.25) is 0 Å². The Morgan fingerprint density at radius 2 is 1.88 bits per heavy atom. The number of hydrogen-bond donors (Lipinski definition) is 0. The van der Waals surface area contributed by atoms with Gasteiger partial charge in [0.1, 0.15) is 17.1 Å². The summed E-state index contributed by atoms with van der Waals surface area (Å²) < 4.78 is 11.8. The van der Waals surface area contributed by atoms with Gasteiger partial charge in [-0.05, 0) is 40.0 Å². The van der Waals surface area contributed by atoms with Crippen molar-refractivity contribution in [2.24, 2.45) is 0 Å². The van der Waals surface area contributed by atoms with Crippen molar-refractivity contribution in [3.63, 3.8) is 0 Å². The molecular formula is C14H21NO2. The first kappa shape index (κ1) is 12.2. The number of nitrogens with zero attached hydrogens (tertiary/aromatic N) is 1. The molecule has 0 amide bonds. The molecular weight excluding hydrogens is 214 g/mol. The highest BCUT2D eigenvalue weighted by Crippen LogP contribution is 2.34. The summed E-state index contributed by atoms with van der Waals surface area (Å²) in [7, 11) is 0. The molecule has 1 fully saturated rings. The molecule has 0 bridgehead atoms. The Kier molecular flexibility index (Phi) is 3.27. The predicted molar refractivity (Wildman–Crippen MR) is 67.6 cm³/mol. The molecule has 0 saturated heterocycles. The third-order valence-corrected chi connectivity index (χ3v) is 2.57. The van der Waals surface area contributed by atoms with Gasteiger partial charge in [-0.25, -0.2) is 0 Å². The molecule has 0 N–H and O–H groups in total. The number of aromatic nitrogens is 1. The highest BCUT2D eigenvalue weighted by molar-refractivity contribution is 5.42. The third-order valence-electron chi connectivity index (χ3n) is 2.57. The van der Waals surface area contributed by atoms with Gasteiger partial charge in [0.15, 0.2) is 0 Å². The Morgan fingerprint density at radius 1 is 1.24 bits per heavy atom. The van der Waals surface area contributed by atoms with E-state index in [2.05, 4.69) is 11.9 Å². The van der Waals surface area contributed by atoms with Gasteiger partial charge in [-0.1, -0.05) is 6.92 Å². The minimum Gasteiger partial charge on any atom is -0.488 e. The topological polar surface area (TPSA) is 31.4 Å². The van der Waals surface area contributed by atoms with Crippen molar-refractivity contribution < 1.29 is 9.47 Å². The smallest absolute Gasteiger partial charge is 0.145 e. The van der Waals surface area contributed by atoms with E-state index in [1.165, 1.54) is 0 Å². The van der Waals surface area contributed by atoms with Crippen molar-refractivity contribution >= 4 is 0 Å². The minimum atomic E-state index is -0.205. The van der Waals surface area contributed by atoms with Gasteiger partial charge in [0.25, 0.3) is 0 Å². The van der Waals surface area contributed by atoms with E-state index < -0.39 is 0 Å². The zero-order chi connectivity index (χ0) is 12.5. The highest BCUT2D eigenvalue weighted by Gasteiger charge is 2.26. The maximum atomic E-state index is 5.92. The molecule has 0 spiro atoms. The van der Waals surface area contributed by atoms with Crippen LogP contribution >= 0.6 is 0 Å². The van der Waals surface area contributed by atoms with Crippen LogP contribution in [0.15, 0.2) is 12.4 Å². The van der Waals surface area contributed by atoms with Crippen LogP contribution in [0.4, 0.5) is 0 Å². The van der Waals surface area contributed by atoms with E-state index in [1.807, 2.05) is 20.8 Å². The van der Waals surface area contributed by atoms with E-state index in [0.29, 0.717) is 6.10 Å². The lowest BCUT2D eigenvalue weighted by Crippen LogP contribution is -2.24. The standard InChI is InChI=1S/C14H21NO2/c1-5-11-12(16-10-6-7-10)8-15-9-13(11)17-14(2,3)4/h8-10H,5-7H2,1-4H3. The van der Waals surface area contributed by atoms with E-state index in [0.717, 1.165) is 36.3 Å². The molecule has 1 aliphatic carbocycles. The maximum Gasteiger partial charge on any atom is 0.145 e. The molecule has 1 heterocycles. The van der Waals surface area contributed by atoms with Gasteiger partial charge < -0.3 is 9.47 Å². The van der Waals surface area contributed by atoms with Crippen LogP contribution < -0.4 is 9.47 Å². The molecule has 17 heavy (non-hydrogen) atoms. The first-order chi connectivity index (χ1) is 7.99. The summed E-state index contributed by atoms with van der Waals surface area (Å²) in [6, 6.07) is 0. The molecule has 1 aromatic heterocycles. The number of rotatable bonds is 4. The number of pyridine rings is 1. The van der Waals surface area contributed by atoms with Crippen molar-refractivity contribution in [3.8, 4) is 11.5 Å². The molecule has 2 rings (SSSR count). The molecule has 0 aromatic carbocycles. The summed E-state index contributed by atoms with van der Waals surface area (Å²) in [6.07, 6.45) is 7.19. The Balaban J connectivity index is 2.24. The quantitative estimate of drug-likeness (QED) is 0.802. The summed E-state index contributed by atoms with van der Waals surface area (Å²) in [4.78, 5) is 4.21. The van der Waals surface area contributed by atoms with Gasteiger partial charge in [0, 0.05) is 5.56 Å². The Labute approximate surface area is 103 Å². The van der Waals surface area contributed by atoms with E-state index in [4.69, 9.17) is 9.47 Å². The fraction of sp³-hybridized carbons (Fsp3) is 0.643. The SMILES string of the molecule is CCc1c(OC2CC2)cncc1OC(C)(C)C. The van der Waals surface area contributed by atoms with Crippen LogP contribution in [0.1, 0.15) is 46.1 Å². The summed E-state index contributed by atoms with van der Waals surface area (Å²) in [5.74, 6) is 1.73. The molecule has 3 nitrogen and oxygen atoms in total. The summed E-state index contributed by atoms with van der Waals surface area (Å²) in [6.45, 7) is 8.24. The monoisotopic (exact) mass is 235 g/mol. The van der Waals surface area contributed by atoms with Crippen LogP contribution in [0, 0.1) is 0 Å². The van der Waals surface area contributed by atoms with Crippen molar-refractivity contribution in [2.45, 2.75) is 58.7 Å². The average Bonchev–Trinajstić information content (AvgIpc) is 2.99. The molecule has 0 atom stereocenters. The van der Waals surface area contributed by atoms with Crippen molar-refractivity contribution in [3.05, 3.63) is 18.0 Å². The molecule has 1 aliphatic rings. The molecule has 0 unspecified atom stereocenters. The molecule has 3 heteroatoms. The second-order valence-corrected chi connectivity index (χ2v) is 5.50. The second kappa shape index (κ2) is 4.55. The van der Waals surface area contributed by atoms with Crippen LogP contribution in [0.3, 0.4) is 0 Å².